The molecule has 32 heavy (non-hydrogen) atoms. The Kier molecular flexibility index (Phi) is 6.38. The summed E-state index contributed by atoms with van der Waals surface area (Å²) in [4.78, 5) is 18.2. The summed E-state index contributed by atoms with van der Waals surface area (Å²) in [6.45, 7) is 9.37. The predicted octanol–water partition coefficient (Wildman–Crippen LogP) is 4.64. The molecule has 1 amide bonds. The molecule has 0 aliphatic carbocycles. The van der Waals surface area contributed by atoms with Crippen LogP contribution < -0.4 is 4.80 Å². The van der Waals surface area contributed by atoms with Gasteiger partial charge in [0.2, 0.25) is 10.0 Å². The number of carbonyl (C=O) groups excluding carboxylic acids is 1. The van der Waals surface area contributed by atoms with Crippen LogP contribution in [0.15, 0.2) is 46.3 Å². The van der Waals surface area contributed by atoms with Crippen LogP contribution in [0.4, 0.5) is 0 Å². The summed E-state index contributed by atoms with van der Waals surface area (Å²) in [6.07, 6.45) is 2.81. The van der Waals surface area contributed by atoms with Crippen LogP contribution in [-0.2, 0) is 16.6 Å². The topological polar surface area (TPSA) is 71.7 Å². The molecule has 0 saturated carbocycles. The molecule has 1 aromatic heterocycles. The van der Waals surface area contributed by atoms with Gasteiger partial charge in [-0.2, -0.15) is 9.30 Å². The van der Waals surface area contributed by atoms with Gasteiger partial charge in [0.15, 0.2) is 4.80 Å². The monoisotopic (exact) mass is 471 g/mol. The van der Waals surface area contributed by atoms with Gasteiger partial charge < -0.3 is 4.57 Å². The van der Waals surface area contributed by atoms with E-state index >= 15 is 0 Å². The van der Waals surface area contributed by atoms with Crippen LogP contribution in [0.2, 0.25) is 0 Å². The number of carbonyl (C=O) groups is 1. The van der Waals surface area contributed by atoms with Crippen LogP contribution in [0.3, 0.4) is 0 Å². The number of fused-ring (bicyclic) bond motifs is 1. The number of aromatic nitrogens is 1. The summed E-state index contributed by atoms with van der Waals surface area (Å²) in [7, 11) is -3.56. The van der Waals surface area contributed by atoms with Crippen LogP contribution in [-0.4, -0.2) is 35.8 Å². The molecular weight excluding hydrogens is 442 g/mol. The summed E-state index contributed by atoms with van der Waals surface area (Å²) < 4.78 is 30.8. The van der Waals surface area contributed by atoms with E-state index in [9.17, 15) is 13.2 Å². The third-order valence-electron chi connectivity index (χ3n) is 6.19. The maximum atomic E-state index is 13.0. The van der Waals surface area contributed by atoms with Crippen molar-refractivity contribution in [3.8, 4) is 0 Å². The Morgan fingerprint density at radius 1 is 1.09 bits per heavy atom. The lowest BCUT2D eigenvalue weighted by Crippen LogP contribution is -2.41. The lowest BCUT2D eigenvalue weighted by Gasteiger charge is -2.32. The van der Waals surface area contributed by atoms with Crippen molar-refractivity contribution in [2.45, 2.75) is 64.4 Å². The summed E-state index contributed by atoms with van der Waals surface area (Å²) >= 11 is 1.51. The second kappa shape index (κ2) is 8.92. The SMILES string of the molecule is CCn1c(=NC(=O)c2ccc(S(=O)(=O)N3CCCCC3C)cc2)sc2c(C)ccc(C)c21. The molecule has 170 valence electrons. The summed E-state index contributed by atoms with van der Waals surface area (Å²) in [6, 6.07) is 10.3. The fourth-order valence-corrected chi connectivity index (χ4v) is 7.28. The fraction of sp³-hybridized carbons (Fsp3) is 0.417. The van der Waals surface area contributed by atoms with E-state index in [1.54, 1.807) is 16.4 Å². The molecule has 1 aliphatic rings. The molecule has 3 aromatic rings. The van der Waals surface area contributed by atoms with Crippen molar-refractivity contribution in [1.82, 2.24) is 8.87 Å². The molecular formula is C24H29N3O3S2. The summed E-state index contributed by atoms with van der Waals surface area (Å²) in [5, 5.41) is 0. The Hall–Kier alpha value is -2.29. The Morgan fingerprint density at radius 3 is 2.44 bits per heavy atom. The lowest BCUT2D eigenvalue weighted by molar-refractivity contribution is 0.0997. The summed E-state index contributed by atoms with van der Waals surface area (Å²) in [5.41, 5.74) is 3.80. The third kappa shape index (κ3) is 4.07. The molecule has 8 heteroatoms. The van der Waals surface area contributed by atoms with Crippen molar-refractivity contribution in [3.05, 3.63) is 57.9 Å². The van der Waals surface area contributed by atoms with Gasteiger partial charge in [-0.1, -0.05) is 29.9 Å². The first kappa shape index (κ1) is 22.9. The second-order valence-electron chi connectivity index (χ2n) is 8.41. The zero-order valence-electron chi connectivity index (χ0n) is 19.0. The number of thiazole rings is 1. The molecule has 1 fully saturated rings. The number of rotatable bonds is 4. The van der Waals surface area contributed by atoms with E-state index in [0.29, 0.717) is 23.5 Å². The van der Waals surface area contributed by atoms with Crippen LogP contribution in [0.25, 0.3) is 10.2 Å². The van der Waals surface area contributed by atoms with Gasteiger partial charge in [-0.05, 0) is 75.9 Å². The second-order valence-corrected chi connectivity index (χ2v) is 11.3. The average Bonchev–Trinajstić information content (AvgIpc) is 3.16. The highest BCUT2D eigenvalue weighted by Crippen LogP contribution is 2.26. The summed E-state index contributed by atoms with van der Waals surface area (Å²) in [5.74, 6) is -0.371. The van der Waals surface area contributed by atoms with Gasteiger partial charge in [0.25, 0.3) is 5.91 Å². The Labute approximate surface area is 193 Å². The molecule has 0 N–H and O–H groups in total. The van der Waals surface area contributed by atoms with Crippen molar-refractivity contribution in [2.75, 3.05) is 6.54 Å². The fourth-order valence-electron chi connectivity index (χ4n) is 4.34. The van der Waals surface area contributed by atoms with Crippen LogP contribution >= 0.6 is 11.3 Å². The van der Waals surface area contributed by atoms with Crippen molar-refractivity contribution in [2.24, 2.45) is 4.99 Å². The van der Waals surface area contributed by atoms with Crippen molar-refractivity contribution in [1.29, 1.82) is 0 Å². The van der Waals surface area contributed by atoms with Crippen molar-refractivity contribution < 1.29 is 13.2 Å². The van der Waals surface area contributed by atoms with Gasteiger partial charge in [-0.15, -0.1) is 0 Å². The Morgan fingerprint density at radius 2 is 1.78 bits per heavy atom. The zero-order valence-corrected chi connectivity index (χ0v) is 20.6. The Bertz CT molecular complexity index is 1340. The van der Waals surface area contributed by atoms with Crippen molar-refractivity contribution in [3.63, 3.8) is 0 Å². The standard InChI is InChI=1S/C24H29N3O3S2/c1-5-26-21-16(2)9-10-17(3)22(21)31-24(26)25-23(28)19-11-13-20(14-12-19)32(29,30)27-15-7-6-8-18(27)4/h9-14,18H,5-8,15H2,1-4H3. The van der Waals surface area contributed by atoms with Gasteiger partial charge >= 0.3 is 0 Å². The molecule has 6 nitrogen and oxygen atoms in total. The molecule has 4 rings (SSSR count). The number of aryl methyl sites for hydroxylation is 3. The first-order valence-electron chi connectivity index (χ1n) is 11.0. The highest BCUT2D eigenvalue weighted by molar-refractivity contribution is 7.89. The minimum Gasteiger partial charge on any atom is -0.316 e. The largest absolute Gasteiger partial charge is 0.316 e. The highest BCUT2D eigenvalue weighted by atomic mass is 32.2. The first-order chi connectivity index (χ1) is 15.2. The van der Waals surface area contributed by atoms with E-state index in [1.165, 1.54) is 23.5 Å². The molecule has 0 spiro atoms. The maximum Gasteiger partial charge on any atom is 0.279 e. The molecule has 1 saturated heterocycles. The first-order valence-corrected chi connectivity index (χ1v) is 13.3. The predicted molar refractivity (Wildman–Crippen MR) is 129 cm³/mol. The Balaban J connectivity index is 1.67. The van der Waals surface area contributed by atoms with Gasteiger partial charge in [0, 0.05) is 24.7 Å². The van der Waals surface area contributed by atoms with Gasteiger partial charge in [0.05, 0.1) is 15.1 Å². The molecule has 2 heterocycles. The molecule has 1 atom stereocenters. The minimum atomic E-state index is -3.56. The van der Waals surface area contributed by atoms with Gasteiger partial charge in [-0.3, -0.25) is 4.79 Å². The van der Waals surface area contributed by atoms with E-state index in [-0.39, 0.29) is 16.8 Å². The highest BCUT2D eigenvalue weighted by Gasteiger charge is 2.30. The molecule has 1 aliphatic heterocycles. The number of amides is 1. The number of hydrogen-bond donors (Lipinski definition) is 0. The van der Waals surface area contributed by atoms with Crippen LogP contribution in [0, 0.1) is 13.8 Å². The average molecular weight is 472 g/mol. The van der Waals surface area contributed by atoms with E-state index in [0.717, 1.165) is 40.6 Å². The zero-order chi connectivity index (χ0) is 23.0. The smallest absolute Gasteiger partial charge is 0.279 e. The third-order valence-corrected chi connectivity index (χ3v) is 9.43. The van der Waals surface area contributed by atoms with Crippen molar-refractivity contribution >= 4 is 37.5 Å². The van der Waals surface area contributed by atoms with Gasteiger partial charge in [-0.25, -0.2) is 8.42 Å². The number of benzene rings is 2. The maximum absolute atomic E-state index is 13.0. The molecule has 1 unspecified atom stereocenters. The number of nitrogens with zero attached hydrogens (tertiary/aromatic N) is 3. The minimum absolute atomic E-state index is 0.00516. The normalized spacial score (nSPS) is 18.4. The molecule has 0 radical (unpaired) electrons. The van der Waals surface area contributed by atoms with Crippen LogP contribution in [0.1, 0.15) is 54.6 Å². The van der Waals surface area contributed by atoms with E-state index in [4.69, 9.17) is 0 Å². The number of hydrogen-bond acceptors (Lipinski definition) is 4. The van der Waals surface area contributed by atoms with Crippen LogP contribution in [0.5, 0.6) is 0 Å². The van der Waals surface area contributed by atoms with E-state index < -0.39 is 10.0 Å². The quantitative estimate of drug-likeness (QED) is 0.556. The lowest BCUT2D eigenvalue weighted by atomic mass is 10.1. The number of sulfonamides is 1. The van der Waals surface area contributed by atoms with Gasteiger partial charge in [0.1, 0.15) is 0 Å². The van der Waals surface area contributed by atoms with E-state index in [2.05, 4.69) is 35.5 Å². The molecule has 0 bridgehead atoms. The number of piperidine rings is 1. The van der Waals surface area contributed by atoms with E-state index in [1.807, 2.05) is 13.8 Å². The molecule has 2 aromatic carbocycles.